The summed E-state index contributed by atoms with van der Waals surface area (Å²) in [7, 11) is 0. The Morgan fingerprint density at radius 2 is 2.00 bits per heavy atom. The molecule has 2 heterocycles. The van der Waals surface area contributed by atoms with Crippen LogP contribution in [0.5, 0.6) is 0 Å². The van der Waals surface area contributed by atoms with Crippen LogP contribution in [-0.2, 0) is 13.0 Å². The highest BCUT2D eigenvalue weighted by Crippen LogP contribution is 2.35. The lowest BCUT2D eigenvalue weighted by Gasteiger charge is -2.22. The van der Waals surface area contributed by atoms with Gasteiger partial charge in [0, 0.05) is 29.0 Å². The fraction of sp³-hybridized carbons (Fsp3) is 0.440. The zero-order valence-corrected chi connectivity index (χ0v) is 16.5. The number of hydrogen-bond acceptors (Lipinski definition) is 2. The number of allylic oxidation sites excluding steroid dienone is 1. The van der Waals surface area contributed by atoms with Gasteiger partial charge in [0.25, 0.3) is 0 Å². The van der Waals surface area contributed by atoms with Crippen LogP contribution in [0.25, 0.3) is 11.3 Å². The Kier molecular flexibility index (Phi) is 5.52. The minimum atomic E-state index is 0.629. The normalized spacial score (nSPS) is 16.5. The second-order valence-corrected chi connectivity index (χ2v) is 8.28. The van der Waals surface area contributed by atoms with Crippen LogP contribution in [0.2, 0.25) is 0 Å². The van der Waals surface area contributed by atoms with Gasteiger partial charge in [-0.3, -0.25) is 9.98 Å². The number of pyridine rings is 1. The Bertz CT molecular complexity index is 857. The molecule has 2 heteroatoms. The third-order valence-electron chi connectivity index (χ3n) is 5.95. The van der Waals surface area contributed by atoms with E-state index < -0.39 is 0 Å². The summed E-state index contributed by atoms with van der Waals surface area (Å²) < 4.78 is 0. The molecule has 0 bridgehead atoms. The largest absolute Gasteiger partial charge is 0.288 e. The number of rotatable bonds is 6. The van der Waals surface area contributed by atoms with Crippen LogP contribution in [0.1, 0.15) is 80.2 Å². The third kappa shape index (κ3) is 4.21. The summed E-state index contributed by atoms with van der Waals surface area (Å²) >= 11 is 0. The van der Waals surface area contributed by atoms with E-state index in [9.17, 15) is 0 Å². The molecular formula is C25H30N2. The van der Waals surface area contributed by atoms with Crippen LogP contribution < -0.4 is 0 Å². The standard InChI is InChI=1S/C25H30N2/c1-18(2)8-6-9-19-14-24(20-10-4-3-5-11-20)27-25(15-19)22-13-7-12-21-16-26-17-23(21)22/h7,12-15,17,20H,1,3-6,8-11,16H2,2H3. The summed E-state index contributed by atoms with van der Waals surface area (Å²) in [6.45, 7) is 6.98. The highest BCUT2D eigenvalue weighted by atomic mass is 14.8. The van der Waals surface area contributed by atoms with Gasteiger partial charge < -0.3 is 0 Å². The molecule has 4 rings (SSSR count). The number of aryl methyl sites for hydroxylation is 1. The van der Waals surface area contributed by atoms with E-state index in [1.807, 2.05) is 6.21 Å². The smallest absolute Gasteiger partial charge is 0.0714 e. The van der Waals surface area contributed by atoms with Gasteiger partial charge in [-0.2, -0.15) is 0 Å². The Morgan fingerprint density at radius 1 is 1.15 bits per heavy atom. The molecule has 0 unspecified atom stereocenters. The predicted octanol–water partition coefficient (Wildman–Crippen LogP) is 6.63. The summed E-state index contributed by atoms with van der Waals surface area (Å²) in [5.41, 5.74) is 8.97. The van der Waals surface area contributed by atoms with Crippen molar-refractivity contribution in [3.8, 4) is 11.3 Å². The number of benzene rings is 1. The second-order valence-electron chi connectivity index (χ2n) is 8.28. The van der Waals surface area contributed by atoms with Crippen molar-refractivity contribution in [3.05, 3.63) is 64.9 Å². The van der Waals surface area contributed by atoms with E-state index in [0.717, 1.165) is 31.5 Å². The fourth-order valence-electron chi connectivity index (χ4n) is 4.46. The summed E-state index contributed by atoms with van der Waals surface area (Å²) in [6.07, 6.45) is 12.0. The minimum absolute atomic E-state index is 0.629. The molecule has 1 aliphatic carbocycles. The lowest BCUT2D eigenvalue weighted by atomic mass is 9.85. The second kappa shape index (κ2) is 8.21. The van der Waals surface area contributed by atoms with Crippen LogP contribution in [0.3, 0.4) is 0 Å². The van der Waals surface area contributed by atoms with Crippen LogP contribution in [0.4, 0.5) is 0 Å². The number of aliphatic imine (C=N–C) groups is 1. The molecule has 0 spiro atoms. The molecule has 1 aromatic carbocycles. The predicted molar refractivity (Wildman–Crippen MR) is 115 cm³/mol. The first kappa shape index (κ1) is 18.2. The first-order valence-corrected chi connectivity index (χ1v) is 10.5. The molecule has 1 fully saturated rings. The van der Waals surface area contributed by atoms with Gasteiger partial charge in [-0.15, -0.1) is 6.58 Å². The topological polar surface area (TPSA) is 25.2 Å². The van der Waals surface area contributed by atoms with Crippen LogP contribution in [-0.4, -0.2) is 11.2 Å². The number of fused-ring (bicyclic) bond motifs is 1. The van der Waals surface area contributed by atoms with E-state index in [1.54, 1.807) is 0 Å². The van der Waals surface area contributed by atoms with E-state index in [2.05, 4.69) is 48.8 Å². The van der Waals surface area contributed by atoms with E-state index in [0.29, 0.717) is 5.92 Å². The van der Waals surface area contributed by atoms with Gasteiger partial charge in [0.2, 0.25) is 0 Å². The lowest BCUT2D eigenvalue weighted by molar-refractivity contribution is 0.436. The van der Waals surface area contributed by atoms with Crippen molar-refractivity contribution in [2.45, 2.75) is 70.8 Å². The van der Waals surface area contributed by atoms with Gasteiger partial charge in [0.05, 0.1) is 12.2 Å². The molecule has 2 aliphatic rings. The Morgan fingerprint density at radius 3 is 2.81 bits per heavy atom. The average Bonchev–Trinajstić information content (AvgIpc) is 3.17. The van der Waals surface area contributed by atoms with Gasteiger partial charge in [-0.1, -0.05) is 43.0 Å². The first-order valence-electron chi connectivity index (χ1n) is 10.5. The summed E-state index contributed by atoms with van der Waals surface area (Å²) in [6, 6.07) is 11.2. The molecule has 1 aliphatic heterocycles. The maximum absolute atomic E-state index is 5.17. The molecule has 2 nitrogen and oxygen atoms in total. The maximum Gasteiger partial charge on any atom is 0.0714 e. The van der Waals surface area contributed by atoms with Crippen molar-refractivity contribution in [3.63, 3.8) is 0 Å². The number of nitrogens with zero attached hydrogens (tertiary/aromatic N) is 2. The van der Waals surface area contributed by atoms with Crippen LogP contribution in [0.15, 0.2) is 47.5 Å². The zero-order valence-electron chi connectivity index (χ0n) is 16.5. The first-order chi connectivity index (χ1) is 13.2. The molecule has 0 N–H and O–H groups in total. The van der Waals surface area contributed by atoms with Gasteiger partial charge >= 0.3 is 0 Å². The number of hydrogen-bond donors (Lipinski definition) is 0. The van der Waals surface area contributed by atoms with E-state index in [1.165, 1.54) is 65.6 Å². The highest BCUT2D eigenvalue weighted by Gasteiger charge is 2.20. The van der Waals surface area contributed by atoms with E-state index in [4.69, 9.17) is 4.98 Å². The molecular weight excluding hydrogens is 328 g/mol. The van der Waals surface area contributed by atoms with Crippen molar-refractivity contribution in [2.75, 3.05) is 0 Å². The van der Waals surface area contributed by atoms with Crippen molar-refractivity contribution >= 4 is 6.21 Å². The van der Waals surface area contributed by atoms with Crippen molar-refractivity contribution < 1.29 is 0 Å². The average molecular weight is 359 g/mol. The molecule has 0 radical (unpaired) electrons. The minimum Gasteiger partial charge on any atom is -0.288 e. The van der Waals surface area contributed by atoms with Crippen LogP contribution >= 0.6 is 0 Å². The summed E-state index contributed by atoms with van der Waals surface area (Å²) in [4.78, 5) is 9.65. The van der Waals surface area contributed by atoms with E-state index >= 15 is 0 Å². The summed E-state index contributed by atoms with van der Waals surface area (Å²) in [5, 5.41) is 0. The monoisotopic (exact) mass is 358 g/mol. The Labute approximate surface area is 163 Å². The molecule has 140 valence electrons. The number of aromatic nitrogens is 1. The molecule has 27 heavy (non-hydrogen) atoms. The zero-order chi connectivity index (χ0) is 18.6. The summed E-state index contributed by atoms with van der Waals surface area (Å²) in [5.74, 6) is 0.629. The van der Waals surface area contributed by atoms with Gasteiger partial charge in [0.1, 0.15) is 0 Å². The third-order valence-corrected chi connectivity index (χ3v) is 5.95. The molecule has 1 saturated carbocycles. The highest BCUT2D eigenvalue weighted by molar-refractivity contribution is 5.93. The van der Waals surface area contributed by atoms with Gasteiger partial charge in [-0.05, 0) is 62.3 Å². The van der Waals surface area contributed by atoms with Crippen LogP contribution in [0, 0.1) is 0 Å². The molecule has 0 saturated heterocycles. The van der Waals surface area contributed by atoms with Crippen molar-refractivity contribution in [1.82, 2.24) is 4.98 Å². The maximum atomic E-state index is 5.17. The molecule has 0 amide bonds. The van der Waals surface area contributed by atoms with Gasteiger partial charge in [0.15, 0.2) is 0 Å². The van der Waals surface area contributed by atoms with Gasteiger partial charge in [-0.25, -0.2) is 0 Å². The SMILES string of the molecule is C=C(C)CCCc1cc(-c2cccc3c2C=NC3)nc(C2CCCCC2)c1. The van der Waals surface area contributed by atoms with E-state index in [-0.39, 0.29) is 0 Å². The fourth-order valence-corrected chi connectivity index (χ4v) is 4.46. The molecule has 1 aromatic heterocycles. The Hall–Kier alpha value is -2.22. The lowest BCUT2D eigenvalue weighted by Crippen LogP contribution is -2.08. The quantitative estimate of drug-likeness (QED) is 0.532. The van der Waals surface area contributed by atoms with Crippen molar-refractivity contribution in [1.29, 1.82) is 0 Å². The molecule has 0 atom stereocenters. The molecule has 2 aromatic rings. The van der Waals surface area contributed by atoms with Crippen molar-refractivity contribution in [2.24, 2.45) is 4.99 Å². The Balaban J connectivity index is 1.70.